The van der Waals surface area contributed by atoms with E-state index < -0.39 is 6.10 Å². The topological polar surface area (TPSA) is 76.0 Å². The molecule has 2 N–H and O–H groups in total. The molecule has 0 amide bonds. The van der Waals surface area contributed by atoms with Gasteiger partial charge in [-0.3, -0.25) is 4.79 Å². The number of esters is 1. The number of aliphatic hydroxyl groups excluding tert-OH is 2. The lowest BCUT2D eigenvalue weighted by atomic mass is 10.3. The van der Waals surface area contributed by atoms with Gasteiger partial charge in [0, 0.05) is 19.6 Å². The minimum Gasteiger partial charge on any atom is -0.427 e. The maximum absolute atomic E-state index is 10.8. The van der Waals surface area contributed by atoms with Gasteiger partial charge in [0.15, 0.2) is 0 Å². The second kappa shape index (κ2) is 16.6. The van der Waals surface area contributed by atoms with Crippen LogP contribution in [0.2, 0.25) is 0 Å². The van der Waals surface area contributed by atoms with Crippen LogP contribution in [-0.4, -0.2) is 42.1 Å². The van der Waals surface area contributed by atoms with E-state index in [0.717, 1.165) is 13.2 Å². The number of carbonyl (C=O) groups is 1. The van der Waals surface area contributed by atoms with Gasteiger partial charge in [0.05, 0.1) is 12.7 Å². The maximum atomic E-state index is 10.8. The van der Waals surface area contributed by atoms with Crippen molar-refractivity contribution in [2.75, 3.05) is 19.8 Å². The molecule has 0 aromatic heterocycles. The normalized spacial score (nSPS) is 10.4. The molecule has 122 valence electrons. The number of rotatable bonds is 5. The van der Waals surface area contributed by atoms with E-state index in [2.05, 4.69) is 0 Å². The van der Waals surface area contributed by atoms with Gasteiger partial charge in [-0.25, -0.2) is 0 Å². The molecule has 0 aliphatic heterocycles. The fourth-order valence-electron chi connectivity index (χ4n) is 0.896. The summed E-state index contributed by atoms with van der Waals surface area (Å²) in [5.74, 6) is 0.413. The lowest BCUT2D eigenvalue weighted by Gasteiger charge is -1.99. The molecule has 21 heavy (non-hydrogen) atoms. The smallest absolute Gasteiger partial charge is 0.310 e. The predicted octanol–water partition coefficient (Wildman–Crippen LogP) is 2.40. The first kappa shape index (κ1) is 21.9. The highest BCUT2D eigenvalue weighted by Gasteiger charge is 1.98. The van der Waals surface area contributed by atoms with Gasteiger partial charge in [-0.15, -0.1) is 0 Å². The summed E-state index contributed by atoms with van der Waals surface area (Å²) in [6.45, 7) is 8.82. The third kappa shape index (κ3) is 18.6. The van der Waals surface area contributed by atoms with Gasteiger partial charge in [0.2, 0.25) is 0 Å². The van der Waals surface area contributed by atoms with E-state index in [1.54, 1.807) is 19.1 Å². The van der Waals surface area contributed by atoms with Crippen molar-refractivity contribution in [1.82, 2.24) is 0 Å². The molecule has 0 aliphatic carbocycles. The average Bonchev–Trinajstić information content (AvgIpc) is 2.50. The minimum atomic E-state index is -0.560. The third-order valence-electron chi connectivity index (χ3n) is 1.94. The summed E-state index contributed by atoms with van der Waals surface area (Å²) in [6.07, 6.45) is -0.149. The van der Waals surface area contributed by atoms with Gasteiger partial charge < -0.3 is 19.7 Å². The molecule has 5 nitrogen and oxygen atoms in total. The number of benzene rings is 1. The van der Waals surface area contributed by atoms with Crippen molar-refractivity contribution in [2.45, 2.75) is 40.2 Å². The molecule has 5 heteroatoms. The fraction of sp³-hybridized carbons (Fsp3) is 0.562. The Kier molecular flexibility index (Phi) is 17.3. The molecule has 0 aliphatic rings. The van der Waals surface area contributed by atoms with Crippen molar-refractivity contribution in [1.29, 1.82) is 0 Å². The Hall–Kier alpha value is -1.43. The van der Waals surface area contributed by atoms with Gasteiger partial charge >= 0.3 is 5.97 Å². The molecule has 1 aromatic rings. The van der Waals surface area contributed by atoms with Crippen LogP contribution in [0.1, 0.15) is 34.1 Å². The Morgan fingerprint density at radius 3 is 1.90 bits per heavy atom. The number of hydrogen-bond donors (Lipinski definition) is 2. The van der Waals surface area contributed by atoms with Gasteiger partial charge in [-0.1, -0.05) is 25.1 Å². The molecule has 0 fully saturated rings. The van der Waals surface area contributed by atoms with E-state index in [0.29, 0.717) is 12.2 Å². The molecule has 0 bridgehead atoms. The Bertz CT molecular complexity index is 323. The van der Waals surface area contributed by atoms with E-state index in [1.807, 2.05) is 32.0 Å². The molecule has 1 aromatic carbocycles. The predicted molar refractivity (Wildman–Crippen MR) is 83.3 cm³/mol. The second-order valence-electron chi connectivity index (χ2n) is 3.95. The molecule has 1 atom stereocenters. The second-order valence-corrected chi connectivity index (χ2v) is 3.95. The van der Waals surface area contributed by atoms with Crippen LogP contribution in [0.25, 0.3) is 0 Å². The van der Waals surface area contributed by atoms with Crippen LogP contribution in [-0.2, 0) is 9.53 Å². The molecule has 1 rings (SSSR count). The Labute approximate surface area is 127 Å². The highest BCUT2D eigenvalue weighted by molar-refractivity contribution is 5.71. The average molecular weight is 300 g/mol. The monoisotopic (exact) mass is 300 g/mol. The maximum Gasteiger partial charge on any atom is 0.310 e. The molecule has 0 saturated heterocycles. The Morgan fingerprint density at radius 2 is 1.62 bits per heavy atom. The van der Waals surface area contributed by atoms with Crippen LogP contribution in [0.4, 0.5) is 0 Å². The molecule has 0 spiro atoms. The quantitative estimate of drug-likeness (QED) is 0.645. The molecule has 0 saturated carbocycles. The van der Waals surface area contributed by atoms with Crippen molar-refractivity contribution < 1.29 is 24.5 Å². The third-order valence-corrected chi connectivity index (χ3v) is 1.94. The molecule has 0 radical (unpaired) electrons. The van der Waals surface area contributed by atoms with Crippen molar-refractivity contribution in [3.05, 3.63) is 30.3 Å². The van der Waals surface area contributed by atoms with Crippen LogP contribution in [0.5, 0.6) is 5.75 Å². The first-order valence-corrected chi connectivity index (χ1v) is 7.14. The zero-order chi connectivity index (χ0) is 16.5. The van der Waals surface area contributed by atoms with Crippen LogP contribution in [0.3, 0.4) is 0 Å². The lowest BCUT2D eigenvalue weighted by molar-refractivity contribution is -0.134. The number of ether oxygens (including phenoxy) is 2. The van der Waals surface area contributed by atoms with Gasteiger partial charge in [-0.05, 0) is 32.9 Å². The van der Waals surface area contributed by atoms with Gasteiger partial charge in [0.1, 0.15) is 5.75 Å². The number of aliphatic hydroxyl groups is 2. The summed E-state index contributed by atoms with van der Waals surface area (Å²) >= 11 is 0. The molecular formula is C16H28O5. The zero-order valence-corrected chi connectivity index (χ0v) is 13.4. The van der Waals surface area contributed by atoms with E-state index in [9.17, 15) is 4.79 Å². The van der Waals surface area contributed by atoms with Crippen LogP contribution in [0, 0.1) is 0 Å². The zero-order valence-electron chi connectivity index (χ0n) is 13.4. The van der Waals surface area contributed by atoms with Gasteiger partial charge in [-0.2, -0.15) is 0 Å². The highest BCUT2D eigenvalue weighted by Crippen LogP contribution is 2.08. The Morgan fingerprint density at radius 1 is 1.14 bits per heavy atom. The van der Waals surface area contributed by atoms with Crippen LogP contribution >= 0.6 is 0 Å². The summed E-state index contributed by atoms with van der Waals surface area (Å²) in [5.41, 5.74) is 0. The van der Waals surface area contributed by atoms with Crippen LogP contribution in [0.15, 0.2) is 30.3 Å². The van der Waals surface area contributed by atoms with Crippen molar-refractivity contribution >= 4 is 5.97 Å². The summed E-state index contributed by atoms with van der Waals surface area (Å²) < 4.78 is 9.76. The van der Waals surface area contributed by atoms with Gasteiger partial charge in [0.25, 0.3) is 0 Å². The first-order valence-electron chi connectivity index (χ1n) is 7.14. The van der Waals surface area contributed by atoms with E-state index in [4.69, 9.17) is 19.7 Å². The fourth-order valence-corrected chi connectivity index (χ4v) is 0.896. The first-order chi connectivity index (χ1) is 10.0. The number of para-hydroxylation sites is 1. The van der Waals surface area contributed by atoms with Crippen molar-refractivity contribution in [3.8, 4) is 5.75 Å². The van der Waals surface area contributed by atoms with E-state index in [-0.39, 0.29) is 12.6 Å². The van der Waals surface area contributed by atoms with Crippen molar-refractivity contribution in [3.63, 3.8) is 0 Å². The standard InChI is InChI=1S/C9H10O2.C4H10O.C3H8O2/c1-2-9(10)11-8-6-4-3-5-7-8;1-3-5-4-2;1-3(5)2-4/h3-7H,2H2,1H3;3-4H2,1-2H3;3-5H,2H2,1H3. The molecule has 1 unspecified atom stereocenters. The summed E-state index contributed by atoms with van der Waals surface area (Å²) in [5, 5.41) is 16.0. The van der Waals surface area contributed by atoms with E-state index >= 15 is 0 Å². The summed E-state index contributed by atoms with van der Waals surface area (Å²) in [7, 11) is 0. The SMILES string of the molecule is CC(O)CO.CCC(=O)Oc1ccccc1.CCOCC. The lowest BCUT2D eigenvalue weighted by Crippen LogP contribution is -2.04. The Balaban J connectivity index is 0. The summed E-state index contributed by atoms with van der Waals surface area (Å²) in [4.78, 5) is 10.8. The van der Waals surface area contributed by atoms with E-state index in [1.165, 1.54) is 6.92 Å². The molecular weight excluding hydrogens is 272 g/mol. The minimum absolute atomic E-state index is 0.139. The number of carbonyl (C=O) groups excluding carboxylic acids is 1. The highest BCUT2D eigenvalue weighted by atomic mass is 16.5. The number of hydrogen-bond acceptors (Lipinski definition) is 5. The van der Waals surface area contributed by atoms with Crippen molar-refractivity contribution in [2.24, 2.45) is 0 Å². The van der Waals surface area contributed by atoms with Crippen LogP contribution < -0.4 is 4.74 Å². The molecule has 0 heterocycles. The summed E-state index contributed by atoms with van der Waals surface area (Å²) in [6, 6.07) is 9.06. The largest absolute Gasteiger partial charge is 0.427 e.